The molecule has 1 aromatic carbocycles. The van der Waals surface area contributed by atoms with Gasteiger partial charge in [-0.2, -0.15) is 4.98 Å². The molecule has 0 aliphatic carbocycles. The second-order valence-electron chi connectivity index (χ2n) is 6.68. The van der Waals surface area contributed by atoms with Gasteiger partial charge in [-0.05, 0) is 24.1 Å². The number of rotatable bonds is 3. The highest BCUT2D eigenvalue weighted by atomic mass is 32.1. The van der Waals surface area contributed by atoms with E-state index < -0.39 is 0 Å². The van der Waals surface area contributed by atoms with Crippen molar-refractivity contribution in [3.05, 3.63) is 29.3 Å². The Hall–Kier alpha value is -1.96. The summed E-state index contributed by atoms with van der Waals surface area (Å²) in [6, 6.07) is 5.70. The van der Waals surface area contributed by atoms with Gasteiger partial charge in [-0.15, -0.1) is 11.3 Å². The average Bonchev–Trinajstić information content (AvgIpc) is 3.30. The Kier molecular flexibility index (Phi) is 3.73. The first kappa shape index (κ1) is 15.3. The molecule has 2 bridgehead atoms. The maximum Gasteiger partial charge on any atom is 0.298 e. The number of thiazole rings is 1. The first-order chi connectivity index (χ1) is 12.3. The van der Waals surface area contributed by atoms with Crippen molar-refractivity contribution in [1.29, 1.82) is 0 Å². The van der Waals surface area contributed by atoms with Crippen molar-refractivity contribution in [2.75, 3.05) is 31.2 Å². The van der Waals surface area contributed by atoms with Crippen molar-refractivity contribution in [3.8, 4) is 10.6 Å². The number of anilines is 1. The van der Waals surface area contributed by atoms with Gasteiger partial charge in [0.15, 0.2) is 5.58 Å². The number of nitrogens with one attached hydrogen (secondary N) is 1. The molecule has 25 heavy (non-hydrogen) atoms. The number of fused-ring (bicyclic) bond motifs is 3. The fourth-order valence-electron chi connectivity index (χ4n) is 3.69. The highest BCUT2D eigenvalue weighted by Crippen LogP contribution is 2.34. The van der Waals surface area contributed by atoms with Crippen LogP contribution in [0.3, 0.4) is 0 Å². The number of ether oxygens (including phenoxy) is 1. The van der Waals surface area contributed by atoms with E-state index in [9.17, 15) is 0 Å². The van der Waals surface area contributed by atoms with Gasteiger partial charge in [-0.25, -0.2) is 4.98 Å². The molecular formula is C18H20N4O2S. The van der Waals surface area contributed by atoms with E-state index in [0.717, 1.165) is 54.4 Å². The Labute approximate surface area is 149 Å². The first-order valence-corrected chi connectivity index (χ1v) is 9.60. The highest BCUT2D eigenvalue weighted by Gasteiger charge is 2.32. The molecule has 2 atom stereocenters. The first-order valence-electron chi connectivity index (χ1n) is 8.72. The third-order valence-electron chi connectivity index (χ3n) is 4.87. The van der Waals surface area contributed by atoms with E-state index in [2.05, 4.69) is 34.3 Å². The lowest BCUT2D eigenvalue weighted by molar-refractivity contribution is 0.0367. The van der Waals surface area contributed by atoms with Crippen LogP contribution in [-0.2, 0) is 11.2 Å². The molecule has 1 N–H and O–H groups in total. The summed E-state index contributed by atoms with van der Waals surface area (Å²) in [4.78, 5) is 11.5. The molecule has 7 heteroatoms. The molecular weight excluding hydrogens is 336 g/mol. The molecule has 2 aromatic heterocycles. The molecule has 0 saturated carbocycles. The van der Waals surface area contributed by atoms with Gasteiger partial charge in [0.25, 0.3) is 6.01 Å². The van der Waals surface area contributed by atoms with Gasteiger partial charge in [0.1, 0.15) is 10.5 Å². The summed E-state index contributed by atoms with van der Waals surface area (Å²) in [7, 11) is 0. The van der Waals surface area contributed by atoms with Crippen LogP contribution in [0.1, 0.15) is 12.5 Å². The molecule has 0 spiro atoms. The van der Waals surface area contributed by atoms with Crippen molar-refractivity contribution in [2.24, 2.45) is 0 Å². The fourth-order valence-corrected chi connectivity index (χ4v) is 4.34. The minimum Gasteiger partial charge on any atom is -0.423 e. The van der Waals surface area contributed by atoms with E-state index in [0.29, 0.717) is 18.1 Å². The standard InChI is InChI=1S/C18H20N4O2S/c1-2-11-5-14(17-19-3-4-25-17)16-15(6-11)21-18(24-16)22-7-12-9-23-10-13(8-22)20-12/h3-6,12-13,20H,2,7-10H2,1H3. The van der Waals surface area contributed by atoms with E-state index in [4.69, 9.17) is 14.1 Å². The molecule has 0 amide bonds. The number of hydrogen-bond donors (Lipinski definition) is 1. The third-order valence-corrected chi connectivity index (χ3v) is 5.68. The average molecular weight is 356 g/mol. The summed E-state index contributed by atoms with van der Waals surface area (Å²) >= 11 is 1.63. The van der Waals surface area contributed by atoms with Crippen LogP contribution in [0.4, 0.5) is 6.01 Å². The maximum atomic E-state index is 6.24. The SMILES string of the molecule is CCc1cc(-c2nccs2)c2oc(N3CC4COCC(C3)N4)nc2c1. The topological polar surface area (TPSA) is 63.4 Å². The summed E-state index contributed by atoms with van der Waals surface area (Å²) in [5.74, 6) is 0. The van der Waals surface area contributed by atoms with Crippen LogP contribution in [0.2, 0.25) is 0 Å². The molecule has 2 aliphatic heterocycles. The van der Waals surface area contributed by atoms with Crippen molar-refractivity contribution < 1.29 is 9.15 Å². The van der Waals surface area contributed by atoms with Gasteiger partial charge >= 0.3 is 0 Å². The van der Waals surface area contributed by atoms with Crippen LogP contribution in [-0.4, -0.2) is 48.4 Å². The summed E-state index contributed by atoms with van der Waals surface area (Å²) in [5, 5.41) is 6.57. The summed E-state index contributed by atoms with van der Waals surface area (Å²) in [5.41, 5.74) is 4.05. The quantitative estimate of drug-likeness (QED) is 0.778. The van der Waals surface area contributed by atoms with Gasteiger partial charge in [-0.1, -0.05) is 6.92 Å². The minimum atomic E-state index is 0.340. The van der Waals surface area contributed by atoms with E-state index in [-0.39, 0.29) is 0 Å². The van der Waals surface area contributed by atoms with Crippen LogP contribution in [0.15, 0.2) is 28.1 Å². The Morgan fingerprint density at radius 3 is 2.84 bits per heavy atom. The van der Waals surface area contributed by atoms with Crippen molar-refractivity contribution in [3.63, 3.8) is 0 Å². The second kappa shape index (κ2) is 6.09. The lowest BCUT2D eigenvalue weighted by atomic mass is 10.1. The summed E-state index contributed by atoms with van der Waals surface area (Å²) < 4.78 is 11.9. The van der Waals surface area contributed by atoms with Crippen LogP contribution in [0.5, 0.6) is 0 Å². The number of aromatic nitrogens is 2. The van der Waals surface area contributed by atoms with Gasteiger partial charge < -0.3 is 19.4 Å². The Morgan fingerprint density at radius 1 is 1.28 bits per heavy atom. The number of nitrogens with zero attached hydrogens (tertiary/aromatic N) is 3. The van der Waals surface area contributed by atoms with Crippen molar-refractivity contribution in [1.82, 2.24) is 15.3 Å². The maximum absolute atomic E-state index is 6.24. The van der Waals surface area contributed by atoms with Crippen LogP contribution < -0.4 is 10.2 Å². The molecule has 2 fully saturated rings. The zero-order valence-corrected chi connectivity index (χ0v) is 14.9. The zero-order valence-electron chi connectivity index (χ0n) is 14.1. The summed E-state index contributed by atoms with van der Waals surface area (Å²) in [6.45, 7) is 5.37. The molecule has 3 aromatic rings. The van der Waals surface area contributed by atoms with Gasteiger partial charge in [0.05, 0.1) is 18.8 Å². The van der Waals surface area contributed by atoms with E-state index >= 15 is 0 Å². The van der Waals surface area contributed by atoms with E-state index in [1.165, 1.54) is 5.56 Å². The normalized spacial score (nSPS) is 23.3. The molecule has 130 valence electrons. The van der Waals surface area contributed by atoms with Gasteiger partial charge in [0.2, 0.25) is 0 Å². The molecule has 5 rings (SSSR count). The number of piperazine rings is 1. The third kappa shape index (κ3) is 2.72. The van der Waals surface area contributed by atoms with Crippen LogP contribution >= 0.6 is 11.3 Å². The predicted molar refractivity (Wildman–Crippen MR) is 98.2 cm³/mol. The lowest BCUT2D eigenvalue weighted by Crippen LogP contribution is -2.63. The highest BCUT2D eigenvalue weighted by molar-refractivity contribution is 7.13. The minimum absolute atomic E-state index is 0.340. The number of aryl methyl sites for hydroxylation is 1. The lowest BCUT2D eigenvalue weighted by Gasteiger charge is -2.41. The molecule has 4 heterocycles. The van der Waals surface area contributed by atoms with Crippen LogP contribution in [0, 0.1) is 0 Å². The van der Waals surface area contributed by atoms with Gasteiger partial charge in [-0.3, -0.25) is 0 Å². The van der Waals surface area contributed by atoms with E-state index in [1.807, 2.05) is 11.6 Å². The number of benzene rings is 1. The second-order valence-corrected chi connectivity index (χ2v) is 7.58. The van der Waals surface area contributed by atoms with Gasteiger partial charge in [0, 0.05) is 36.8 Å². The molecule has 0 radical (unpaired) electrons. The Balaban J connectivity index is 1.58. The monoisotopic (exact) mass is 356 g/mol. The molecule has 2 unspecified atom stereocenters. The smallest absolute Gasteiger partial charge is 0.298 e. The Morgan fingerprint density at radius 2 is 2.12 bits per heavy atom. The van der Waals surface area contributed by atoms with Crippen LogP contribution in [0.25, 0.3) is 21.7 Å². The molecule has 6 nitrogen and oxygen atoms in total. The largest absolute Gasteiger partial charge is 0.423 e. The number of oxazole rings is 1. The number of hydrogen-bond acceptors (Lipinski definition) is 7. The molecule has 2 saturated heterocycles. The van der Waals surface area contributed by atoms with Crippen molar-refractivity contribution >= 4 is 28.5 Å². The summed E-state index contributed by atoms with van der Waals surface area (Å²) in [6.07, 6.45) is 2.80. The predicted octanol–water partition coefficient (Wildman–Crippen LogP) is 2.69. The Bertz CT molecular complexity index is 880. The number of morpholine rings is 1. The molecule has 2 aliphatic rings. The van der Waals surface area contributed by atoms with Crippen molar-refractivity contribution in [2.45, 2.75) is 25.4 Å². The fraction of sp³-hybridized carbons (Fsp3) is 0.444. The van der Waals surface area contributed by atoms with E-state index in [1.54, 1.807) is 11.3 Å². The zero-order chi connectivity index (χ0) is 16.8.